The summed E-state index contributed by atoms with van der Waals surface area (Å²) in [6, 6.07) is 96.0. The van der Waals surface area contributed by atoms with Gasteiger partial charge in [0.1, 0.15) is 11.2 Å². The van der Waals surface area contributed by atoms with E-state index in [1.54, 1.807) is 0 Å². The minimum Gasteiger partial charge on any atom is -0.455 e. The fraction of sp³-hybridized carbons (Fsp3) is 0. The zero-order valence-electron chi connectivity index (χ0n) is 36.8. The molecule has 0 bridgehead atoms. The van der Waals surface area contributed by atoms with E-state index < -0.39 is 0 Å². The van der Waals surface area contributed by atoms with Gasteiger partial charge in [0.2, 0.25) is 0 Å². The average molecular weight is 853 g/mol. The van der Waals surface area contributed by atoms with Gasteiger partial charge in [-0.2, -0.15) is 0 Å². The van der Waals surface area contributed by atoms with Crippen molar-refractivity contribution in [3.05, 3.63) is 267 Å². The van der Waals surface area contributed by atoms with Crippen LogP contribution in [-0.2, 0) is 0 Å². The highest BCUT2D eigenvalue weighted by atomic mass is 16.3. The van der Waals surface area contributed by atoms with Gasteiger partial charge < -0.3 is 4.42 Å². The third-order valence-electron chi connectivity index (χ3n) is 13.1. The predicted molar refractivity (Wildman–Crippen MR) is 283 cm³/mol. The van der Waals surface area contributed by atoms with Gasteiger partial charge in [0.05, 0.1) is 0 Å². The molecule has 0 saturated heterocycles. The second kappa shape index (κ2) is 17.3. The van der Waals surface area contributed by atoms with Gasteiger partial charge in [-0.1, -0.05) is 237 Å². The summed E-state index contributed by atoms with van der Waals surface area (Å²) in [6.07, 6.45) is 0. The van der Waals surface area contributed by atoms with Crippen molar-refractivity contribution in [1.29, 1.82) is 0 Å². The van der Waals surface area contributed by atoms with Crippen LogP contribution in [0.25, 0.3) is 122 Å². The number of benzene rings is 11. The van der Waals surface area contributed by atoms with Crippen LogP contribution in [0.1, 0.15) is 0 Å². The van der Waals surface area contributed by atoms with Crippen molar-refractivity contribution >= 4 is 21.9 Å². The summed E-state index contributed by atoms with van der Waals surface area (Å²) in [5.74, 6) is 0. The third-order valence-corrected chi connectivity index (χ3v) is 13.1. The Morgan fingerprint density at radius 3 is 0.687 bits per heavy atom. The summed E-state index contributed by atoms with van der Waals surface area (Å²) in [6.45, 7) is 0. The van der Waals surface area contributed by atoms with Gasteiger partial charge in [-0.05, 0) is 119 Å². The predicted octanol–water partition coefficient (Wildman–Crippen LogP) is 18.6. The van der Waals surface area contributed by atoms with E-state index in [-0.39, 0.29) is 0 Å². The molecule has 67 heavy (non-hydrogen) atoms. The molecule has 0 fully saturated rings. The Morgan fingerprint density at radius 1 is 0.164 bits per heavy atom. The van der Waals surface area contributed by atoms with Crippen molar-refractivity contribution in [3.63, 3.8) is 0 Å². The van der Waals surface area contributed by atoms with Crippen LogP contribution < -0.4 is 0 Å². The Labute approximate surface area is 391 Å². The van der Waals surface area contributed by atoms with Crippen LogP contribution in [0.4, 0.5) is 0 Å². The molecule has 12 rings (SSSR count). The first-order valence-electron chi connectivity index (χ1n) is 23.0. The SMILES string of the molecule is c1ccc(-c2cccc(-c3cccc(-c4ccc(-c5cccc6c5oc5c(-c7ccc(-c8cccc(-c9cccc(-c%10cccc(-c%11ccccc%11)c%10)c9)c8)cc7)cccc56)cc4)c3)c2)cc1. The van der Waals surface area contributed by atoms with E-state index in [4.69, 9.17) is 4.42 Å². The Hall–Kier alpha value is -8.78. The molecule has 0 saturated carbocycles. The van der Waals surface area contributed by atoms with Crippen molar-refractivity contribution in [1.82, 2.24) is 0 Å². The van der Waals surface area contributed by atoms with Crippen LogP contribution in [0, 0.1) is 0 Å². The van der Waals surface area contributed by atoms with Gasteiger partial charge in [-0.15, -0.1) is 0 Å². The summed E-state index contributed by atoms with van der Waals surface area (Å²) < 4.78 is 6.89. The summed E-state index contributed by atoms with van der Waals surface area (Å²) in [5.41, 5.74) is 23.0. The maximum atomic E-state index is 6.89. The first kappa shape index (κ1) is 39.8. The Morgan fingerprint density at radius 2 is 0.388 bits per heavy atom. The second-order valence-electron chi connectivity index (χ2n) is 17.3. The number of para-hydroxylation sites is 2. The maximum absolute atomic E-state index is 6.89. The highest BCUT2D eigenvalue weighted by molar-refractivity contribution is 6.13. The average Bonchev–Trinajstić information content (AvgIpc) is 3.81. The molecule has 0 N–H and O–H groups in total. The van der Waals surface area contributed by atoms with E-state index in [0.29, 0.717) is 0 Å². The topological polar surface area (TPSA) is 13.1 Å². The van der Waals surface area contributed by atoms with Crippen LogP contribution in [0.5, 0.6) is 0 Å². The molecule has 1 heteroatoms. The quantitative estimate of drug-likeness (QED) is 0.141. The highest BCUT2D eigenvalue weighted by Crippen LogP contribution is 2.41. The zero-order chi connectivity index (χ0) is 44.5. The molecule has 0 aliphatic rings. The first-order valence-corrected chi connectivity index (χ1v) is 23.0. The van der Waals surface area contributed by atoms with Gasteiger partial charge in [0.15, 0.2) is 0 Å². The normalized spacial score (nSPS) is 11.3. The number of rotatable bonds is 9. The minimum atomic E-state index is 0.902. The molecule has 314 valence electrons. The molecule has 1 nitrogen and oxygen atoms in total. The zero-order valence-corrected chi connectivity index (χ0v) is 36.8. The molecule has 0 radical (unpaired) electrons. The van der Waals surface area contributed by atoms with Gasteiger partial charge in [-0.3, -0.25) is 0 Å². The molecule has 0 spiro atoms. The summed E-state index contributed by atoms with van der Waals surface area (Å²) in [4.78, 5) is 0. The Balaban J connectivity index is 0.806. The van der Waals surface area contributed by atoms with E-state index in [1.165, 1.54) is 77.9 Å². The molecule has 12 aromatic rings. The molecular weight excluding hydrogens is 809 g/mol. The largest absolute Gasteiger partial charge is 0.455 e. The second-order valence-corrected chi connectivity index (χ2v) is 17.3. The van der Waals surface area contributed by atoms with Crippen LogP contribution in [-0.4, -0.2) is 0 Å². The van der Waals surface area contributed by atoms with Gasteiger partial charge in [0.25, 0.3) is 0 Å². The van der Waals surface area contributed by atoms with E-state index in [1.807, 2.05) is 0 Å². The van der Waals surface area contributed by atoms with Crippen LogP contribution in [0.2, 0.25) is 0 Å². The lowest BCUT2D eigenvalue weighted by Gasteiger charge is -2.10. The van der Waals surface area contributed by atoms with E-state index >= 15 is 0 Å². The van der Waals surface area contributed by atoms with Crippen LogP contribution >= 0.6 is 0 Å². The lowest BCUT2D eigenvalue weighted by Crippen LogP contribution is -1.85. The van der Waals surface area contributed by atoms with Gasteiger partial charge in [-0.25, -0.2) is 0 Å². The van der Waals surface area contributed by atoms with Crippen molar-refractivity contribution in [2.45, 2.75) is 0 Å². The molecule has 0 aliphatic carbocycles. The smallest absolute Gasteiger partial charge is 0.143 e. The van der Waals surface area contributed by atoms with E-state index in [9.17, 15) is 0 Å². The standard InChI is InChI=1S/C66H44O/c1-3-14-45(15-4-1)51-18-7-22-55(40-51)57-24-9-20-53(42-57)47-32-36-49(37-33-47)61-28-12-30-63-64-31-13-29-62(66(64)67-65(61)63)50-38-34-48(35-39-50)54-21-10-25-58(43-54)60-27-11-26-59(44-60)56-23-8-19-52(41-56)46-16-5-2-6-17-46/h1-44H. The van der Waals surface area contributed by atoms with Crippen molar-refractivity contribution < 1.29 is 4.42 Å². The summed E-state index contributed by atoms with van der Waals surface area (Å²) >= 11 is 0. The van der Waals surface area contributed by atoms with Crippen molar-refractivity contribution in [2.75, 3.05) is 0 Å². The number of furan rings is 1. The molecule has 0 atom stereocenters. The third kappa shape index (κ3) is 7.84. The highest BCUT2D eigenvalue weighted by Gasteiger charge is 2.16. The Bertz CT molecular complexity index is 3710. The minimum absolute atomic E-state index is 0.902. The summed E-state index contributed by atoms with van der Waals surface area (Å²) in [7, 11) is 0. The molecule has 0 aliphatic heterocycles. The molecule has 0 unspecified atom stereocenters. The fourth-order valence-corrected chi connectivity index (χ4v) is 9.61. The number of hydrogen-bond donors (Lipinski definition) is 0. The van der Waals surface area contributed by atoms with Crippen molar-refractivity contribution in [2.24, 2.45) is 0 Å². The lowest BCUT2D eigenvalue weighted by atomic mass is 9.94. The first-order chi connectivity index (χ1) is 33.2. The molecule has 11 aromatic carbocycles. The number of hydrogen-bond acceptors (Lipinski definition) is 1. The van der Waals surface area contributed by atoms with E-state index in [2.05, 4.69) is 267 Å². The fourth-order valence-electron chi connectivity index (χ4n) is 9.61. The molecule has 0 amide bonds. The molecule has 1 heterocycles. The van der Waals surface area contributed by atoms with Gasteiger partial charge in [0, 0.05) is 21.9 Å². The van der Waals surface area contributed by atoms with E-state index in [0.717, 1.165) is 44.2 Å². The monoisotopic (exact) mass is 852 g/mol. The van der Waals surface area contributed by atoms with Gasteiger partial charge >= 0.3 is 0 Å². The summed E-state index contributed by atoms with van der Waals surface area (Å²) in [5, 5.41) is 2.23. The Kier molecular flexibility index (Phi) is 10.3. The van der Waals surface area contributed by atoms with Crippen molar-refractivity contribution in [3.8, 4) is 100 Å². The molecular formula is C66H44O. The molecule has 1 aromatic heterocycles. The van der Waals surface area contributed by atoms with Crippen LogP contribution in [0.15, 0.2) is 271 Å². The maximum Gasteiger partial charge on any atom is 0.143 e. The number of fused-ring (bicyclic) bond motifs is 3. The lowest BCUT2D eigenvalue weighted by molar-refractivity contribution is 0.671. The van der Waals surface area contributed by atoms with Crippen LogP contribution in [0.3, 0.4) is 0 Å².